The number of hydrogen-bond donors (Lipinski definition) is 1. The van der Waals surface area contributed by atoms with E-state index in [9.17, 15) is 9.59 Å². The number of amides is 2. The van der Waals surface area contributed by atoms with Crippen LogP contribution in [0.25, 0.3) is 0 Å². The number of fused-ring (bicyclic) bond motifs is 1. The average Bonchev–Trinajstić information content (AvgIpc) is 2.96. The van der Waals surface area contributed by atoms with Gasteiger partial charge in [0.2, 0.25) is 0 Å². The summed E-state index contributed by atoms with van der Waals surface area (Å²) in [7, 11) is 0. The highest BCUT2D eigenvalue weighted by Crippen LogP contribution is 2.27. The molecule has 1 heterocycles. The van der Waals surface area contributed by atoms with E-state index in [1.165, 1.54) is 0 Å². The van der Waals surface area contributed by atoms with Crippen LogP contribution in [0.1, 0.15) is 16.7 Å². The highest BCUT2D eigenvalue weighted by Gasteiger charge is 2.28. The molecule has 3 rings (SSSR count). The van der Waals surface area contributed by atoms with Gasteiger partial charge < -0.3 is 10.2 Å². The van der Waals surface area contributed by atoms with Crippen LogP contribution in [-0.4, -0.2) is 18.4 Å². The van der Waals surface area contributed by atoms with Gasteiger partial charge in [-0.3, -0.25) is 9.59 Å². The number of aryl methyl sites for hydroxylation is 1. The fourth-order valence-electron chi connectivity index (χ4n) is 2.75. The molecule has 0 aromatic heterocycles. The zero-order chi connectivity index (χ0) is 15.5. The molecule has 0 unspecified atom stereocenters. The summed E-state index contributed by atoms with van der Waals surface area (Å²) < 4.78 is 0. The highest BCUT2D eigenvalue weighted by atomic mass is 16.2. The number of carbonyl (C=O) groups is 2. The second kappa shape index (κ2) is 6.02. The smallest absolute Gasteiger partial charge is 0.316 e. The zero-order valence-electron chi connectivity index (χ0n) is 12.5. The van der Waals surface area contributed by atoms with Crippen LogP contribution in [0.15, 0.2) is 48.5 Å². The molecule has 1 N–H and O–H groups in total. The van der Waals surface area contributed by atoms with E-state index < -0.39 is 11.8 Å². The van der Waals surface area contributed by atoms with Gasteiger partial charge in [0.1, 0.15) is 0 Å². The summed E-state index contributed by atoms with van der Waals surface area (Å²) in [5.74, 6) is -1.05. The third kappa shape index (κ3) is 2.86. The van der Waals surface area contributed by atoms with Crippen LogP contribution in [0.3, 0.4) is 0 Å². The van der Waals surface area contributed by atoms with Crippen molar-refractivity contribution in [1.82, 2.24) is 5.32 Å². The molecular formula is C18H18N2O2. The zero-order valence-corrected chi connectivity index (χ0v) is 12.5. The molecule has 0 spiro atoms. The topological polar surface area (TPSA) is 49.4 Å². The highest BCUT2D eigenvalue weighted by molar-refractivity contribution is 6.40. The van der Waals surface area contributed by atoms with Crippen molar-refractivity contribution < 1.29 is 9.59 Å². The van der Waals surface area contributed by atoms with Crippen molar-refractivity contribution in [1.29, 1.82) is 0 Å². The first-order valence-electron chi connectivity index (χ1n) is 7.38. The third-order valence-corrected chi connectivity index (χ3v) is 3.86. The number of nitrogens with zero attached hydrogens (tertiary/aromatic N) is 1. The van der Waals surface area contributed by atoms with E-state index in [1.807, 2.05) is 55.5 Å². The average molecular weight is 294 g/mol. The van der Waals surface area contributed by atoms with Crippen LogP contribution < -0.4 is 10.2 Å². The molecule has 0 saturated heterocycles. The summed E-state index contributed by atoms with van der Waals surface area (Å²) in [6.45, 7) is 2.93. The van der Waals surface area contributed by atoms with Crippen LogP contribution in [0, 0.1) is 6.92 Å². The monoisotopic (exact) mass is 294 g/mol. The van der Waals surface area contributed by atoms with Crippen molar-refractivity contribution in [3.05, 3.63) is 65.2 Å². The van der Waals surface area contributed by atoms with Gasteiger partial charge in [0.25, 0.3) is 0 Å². The first-order valence-corrected chi connectivity index (χ1v) is 7.38. The van der Waals surface area contributed by atoms with E-state index >= 15 is 0 Å². The van der Waals surface area contributed by atoms with E-state index in [-0.39, 0.29) is 0 Å². The minimum atomic E-state index is -0.557. The molecule has 0 radical (unpaired) electrons. The Kier molecular flexibility index (Phi) is 3.92. The lowest BCUT2D eigenvalue weighted by atomic mass is 10.1. The Hall–Kier alpha value is -2.62. The van der Waals surface area contributed by atoms with Gasteiger partial charge in [-0.1, -0.05) is 48.0 Å². The minimum absolute atomic E-state index is 0.363. The largest absolute Gasteiger partial charge is 0.344 e. The molecule has 4 nitrogen and oxygen atoms in total. The summed E-state index contributed by atoms with van der Waals surface area (Å²) in [5.41, 5.74) is 4.08. The van der Waals surface area contributed by atoms with Crippen molar-refractivity contribution >= 4 is 17.5 Å². The summed E-state index contributed by atoms with van der Waals surface area (Å²) in [4.78, 5) is 26.0. The van der Waals surface area contributed by atoms with E-state index in [0.717, 1.165) is 28.8 Å². The lowest BCUT2D eigenvalue weighted by Gasteiger charge is -2.16. The predicted octanol–water partition coefficient (Wildman–Crippen LogP) is 2.20. The SMILES string of the molecule is Cc1cccc(CNC(=O)C(=O)N2CCc3ccccc32)c1. The number of carbonyl (C=O) groups excluding carboxylic acids is 2. The molecule has 0 atom stereocenters. The van der Waals surface area contributed by atoms with E-state index in [4.69, 9.17) is 0 Å². The third-order valence-electron chi connectivity index (χ3n) is 3.86. The molecule has 2 aromatic rings. The van der Waals surface area contributed by atoms with Crippen molar-refractivity contribution in [2.75, 3.05) is 11.4 Å². The van der Waals surface area contributed by atoms with Crippen LogP contribution in [0.2, 0.25) is 0 Å². The van der Waals surface area contributed by atoms with Gasteiger partial charge in [0.15, 0.2) is 0 Å². The molecule has 0 bridgehead atoms. The Morgan fingerprint density at radius 1 is 1.14 bits per heavy atom. The van der Waals surface area contributed by atoms with Gasteiger partial charge in [-0.25, -0.2) is 0 Å². The fourth-order valence-corrected chi connectivity index (χ4v) is 2.75. The Balaban J connectivity index is 1.65. The summed E-state index contributed by atoms with van der Waals surface area (Å²) in [5, 5.41) is 2.70. The van der Waals surface area contributed by atoms with Crippen molar-refractivity contribution in [3.63, 3.8) is 0 Å². The van der Waals surface area contributed by atoms with Crippen LogP contribution >= 0.6 is 0 Å². The Labute approximate surface area is 129 Å². The van der Waals surface area contributed by atoms with Gasteiger partial charge in [-0.15, -0.1) is 0 Å². The number of benzene rings is 2. The lowest BCUT2D eigenvalue weighted by Crippen LogP contribution is -2.42. The molecule has 2 amide bonds. The molecule has 4 heteroatoms. The molecule has 0 aliphatic carbocycles. The number of rotatable bonds is 2. The molecule has 1 aliphatic rings. The van der Waals surface area contributed by atoms with E-state index in [0.29, 0.717) is 13.1 Å². The van der Waals surface area contributed by atoms with Gasteiger partial charge in [-0.2, -0.15) is 0 Å². The van der Waals surface area contributed by atoms with Crippen LogP contribution in [0.4, 0.5) is 5.69 Å². The van der Waals surface area contributed by atoms with Crippen molar-refractivity contribution in [3.8, 4) is 0 Å². The fraction of sp³-hybridized carbons (Fsp3) is 0.222. The van der Waals surface area contributed by atoms with Gasteiger partial charge in [0, 0.05) is 18.8 Å². The first kappa shape index (κ1) is 14.3. The second-order valence-corrected chi connectivity index (χ2v) is 5.51. The molecule has 1 aliphatic heterocycles. The van der Waals surface area contributed by atoms with Gasteiger partial charge >= 0.3 is 11.8 Å². The number of para-hydroxylation sites is 1. The van der Waals surface area contributed by atoms with Crippen molar-refractivity contribution in [2.45, 2.75) is 19.9 Å². The minimum Gasteiger partial charge on any atom is -0.344 e. The Bertz CT molecular complexity index is 725. The molecule has 0 saturated carbocycles. The lowest BCUT2D eigenvalue weighted by molar-refractivity contribution is -0.137. The maximum Gasteiger partial charge on any atom is 0.316 e. The molecule has 112 valence electrons. The van der Waals surface area contributed by atoms with Crippen molar-refractivity contribution in [2.24, 2.45) is 0 Å². The van der Waals surface area contributed by atoms with Gasteiger partial charge in [0.05, 0.1) is 0 Å². The van der Waals surface area contributed by atoms with E-state index in [2.05, 4.69) is 5.32 Å². The first-order chi connectivity index (χ1) is 10.6. The molecular weight excluding hydrogens is 276 g/mol. The number of nitrogens with one attached hydrogen (secondary N) is 1. The van der Waals surface area contributed by atoms with E-state index in [1.54, 1.807) is 4.90 Å². The second-order valence-electron chi connectivity index (χ2n) is 5.51. The quantitative estimate of drug-likeness (QED) is 0.863. The maximum atomic E-state index is 12.3. The Morgan fingerprint density at radius 2 is 1.95 bits per heavy atom. The normalized spacial score (nSPS) is 12.9. The molecule has 2 aromatic carbocycles. The molecule has 0 fully saturated rings. The Morgan fingerprint density at radius 3 is 2.77 bits per heavy atom. The predicted molar refractivity (Wildman–Crippen MR) is 85.5 cm³/mol. The number of anilines is 1. The summed E-state index contributed by atoms with van der Waals surface area (Å²) in [6, 6.07) is 15.6. The number of hydrogen-bond acceptors (Lipinski definition) is 2. The van der Waals surface area contributed by atoms with Crippen LogP contribution in [-0.2, 0) is 22.6 Å². The molecule has 22 heavy (non-hydrogen) atoms. The van der Waals surface area contributed by atoms with Crippen LogP contribution in [0.5, 0.6) is 0 Å². The summed E-state index contributed by atoms with van der Waals surface area (Å²) >= 11 is 0. The van der Waals surface area contributed by atoms with Gasteiger partial charge in [-0.05, 0) is 30.5 Å². The summed E-state index contributed by atoms with van der Waals surface area (Å²) in [6.07, 6.45) is 0.799. The standard InChI is InChI=1S/C18H18N2O2/c1-13-5-4-6-14(11-13)12-19-17(21)18(22)20-10-9-15-7-2-3-8-16(15)20/h2-8,11H,9-10,12H2,1H3,(H,19,21). The maximum absolute atomic E-state index is 12.3.